The van der Waals surface area contributed by atoms with Crippen LogP contribution in [0.5, 0.6) is 11.5 Å². The van der Waals surface area contributed by atoms with Crippen molar-refractivity contribution in [3.05, 3.63) is 349 Å². The third-order valence-corrected chi connectivity index (χ3v) is 21.8. The van der Waals surface area contributed by atoms with Gasteiger partial charge in [-0.05, 0) is 258 Å². The summed E-state index contributed by atoms with van der Waals surface area (Å²) in [7, 11) is 20.3. The average Bonchev–Trinajstić information content (AvgIpc) is 1.62. The maximum atomic E-state index is 12.4. The lowest BCUT2D eigenvalue weighted by Gasteiger charge is -2.16. The van der Waals surface area contributed by atoms with Crippen molar-refractivity contribution in [2.45, 2.75) is 26.2 Å². The zero-order valence-electron chi connectivity index (χ0n) is 64.6. The molecule has 1 amide bonds. The quantitative estimate of drug-likeness (QED) is 0.0472. The van der Waals surface area contributed by atoms with Gasteiger partial charge >= 0.3 is 0 Å². The van der Waals surface area contributed by atoms with Crippen LogP contribution in [0.25, 0.3) is 42.5 Å². The molecule has 0 saturated carbocycles. The van der Waals surface area contributed by atoms with Gasteiger partial charge in [0.15, 0.2) is 5.13 Å². The summed E-state index contributed by atoms with van der Waals surface area (Å²) in [6, 6.07) is 103. The van der Waals surface area contributed by atoms with E-state index in [1.165, 1.54) is 76.9 Å². The van der Waals surface area contributed by atoms with E-state index < -0.39 is 0 Å². The van der Waals surface area contributed by atoms with Gasteiger partial charge in [0.05, 0.1) is 33.0 Å². The first-order valence-electron chi connectivity index (χ1n) is 36.7. The number of amides is 1. The molecule has 14 aromatic carbocycles. The largest absolute Gasteiger partial charge is 0.457 e. The predicted octanol–water partition coefficient (Wildman–Crippen LogP) is 25.4. The van der Waals surface area contributed by atoms with Crippen LogP contribution in [0.15, 0.2) is 321 Å². The molecule has 0 atom stereocenters. The summed E-state index contributed by atoms with van der Waals surface area (Å²) in [5.74, 6) is 1.55. The Morgan fingerprint density at radius 2 is 0.777 bits per heavy atom. The van der Waals surface area contributed by atoms with Gasteiger partial charge in [0.2, 0.25) is 0 Å². The van der Waals surface area contributed by atoms with Crippen LogP contribution in [0.2, 0.25) is 0 Å². The van der Waals surface area contributed by atoms with Crippen molar-refractivity contribution >= 4 is 180 Å². The number of aromatic nitrogens is 1. The smallest absolute Gasteiger partial charge is 0.255 e. The molecule has 0 aliphatic carbocycles. The van der Waals surface area contributed by atoms with E-state index in [9.17, 15) is 4.79 Å². The summed E-state index contributed by atoms with van der Waals surface area (Å²) < 4.78 is 11.2. The van der Waals surface area contributed by atoms with Crippen LogP contribution in [0.3, 0.4) is 0 Å². The summed E-state index contributed by atoms with van der Waals surface area (Å²) in [4.78, 5) is 27.4. The minimum atomic E-state index is -0.119. The summed E-state index contributed by atoms with van der Waals surface area (Å²) in [6.45, 7) is 3.18. The highest BCUT2D eigenvalue weighted by Crippen LogP contribution is 2.34. The minimum absolute atomic E-state index is 0.119. The number of nitrogens with one attached hydrogen (secondary N) is 5. The van der Waals surface area contributed by atoms with E-state index in [0.717, 1.165) is 99.7 Å². The molecule has 5 N–H and O–H groups in total. The van der Waals surface area contributed by atoms with Crippen molar-refractivity contribution in [1.82, 2.24) is 4.98 Å². The summed E-state index contributed by atoms with van der Waals surface area (Å²) >= 11 is 16.1. The third-order valence-electron chi connectivity index (χ3n) is 18.2. The zero-order valence-corrected chi connectivity index (χ0v) is 71.8. The fourth-order valence-electron chi connectivity index (χ4n) is 12.1. The Balaban J connectivity index is 0.000000139. The lowest BCUT2D eigenvalue weighted by molar-refractivity contribution is 0.102. The normalized spacial score (nSPS) is 10.6. The second kappa shape index (κ2) is 40.4. The van der Waals surface area contributed by atoms with Gasteiger partial charge in [-0.1, -0.05) is 169 Å². The molecule has 0 aliphatic rings. The van der Waals surface area contributed by atoms with Crippen LogP contribution in [0.1, 0.15) is 32.6 Å². The molecule has 0 aliphatic heterocycles. The second-order valence-electron chi connectivity index (χ2n) is 27.6. The number of thiazole rings is 1. The molecule has 112 heavy (non-hydrogen) atoms. The van der Waals surface area contributed by atoms with Gasteiger partial charge in [0, 0.05) is 154 Å². The number of carbonyl (C=O) groups is 1. The van der Waals surface area contributed by atoms with Crippen molar-refractivity contribution < 1.29 is 9.53 Å². The molecule has 0 spiro atoms. The number of nitrogens with zero attached hydrogens (tertiary/aromatic N) is 6. The van der Waals surface area contributed by atoms with E-state index >= 15 is 0 Å². The first kappa shape index (κ1) is 82.1. The van der Waals surface area contributed by atoms with Crippen LogP contribution in [0.4, 0.5) is 56.3 Å². The fraction of sp³-hybridized carbons (Fsp3) is 0.149. The number of anilines is 10. The van der Waals surface area contributed by atoms with Crippen molar-refractivity contribution in [1.29, 1.82) is 0 Å². The van der Waals surface area contributed by atoms with E-state index in [4.69, 9.17) is 4.74 Å². The topological polar surface area (TPSA) is 116 Å². The lowest BCUT2D eigenvalue weighted by Crippen LogP contribution is -2.13. The SMILES string of the molecule is CN(C)c1ccc(C(=O)Nc2ccc3ccccc3c2)cc1Br.CN(C)c1ccc(CNc2ccc(Oc3ccccc3)cc2)cc1Br.CN(C)c1ccc(CNc2ccc3ccccc3c2)cc1.CN(C)c1ccc(CNc2cccc3ccccc23)cc1Br.CN(C)c1ccc(CNc2nc3ccccc3s2)cc1Br. The van der Waals surface area contributed by atoms with Crippen molar-refractivity contribution in [3.63, 3.8) is 0 Å². The molecule has 0 fully saturated rings. The van der Waals surface area contributed by atoms with Gasteiger partial charge in [-0.3, -0.25) is 4.79 Å². The van der Waals surface area contributed by atoms with Gasteiger partial charge in [-0.25, -0.2) is 4.98 Å². The monoisotopic (exact) mass is 1760 g/mol. The van der Waals surface area contributed by atoms with E-state index in [1.807, 2.05) is 189 Å². The molecular weight excluding hydrogens is 1670 g/mol. The van der Waals surface area contributed by atoms with Crippen molar-refractivity contribution in [3.8, 4) is 11.5 Å². The summed E-state index contributed by atoms with van der Waals surface area (Å²) in [5, 5.41) is 25.1. The van der Waals surface area contributed by atoms with Gasteiger partial charge < -0.3 is 55.8 Å². The first-order valence-corrected chi connectivity index (χ1v) is 40.7. The molecule has 0 bridgehead atoms. The maximum absolute atomic E-state index is 12.4. The Kier molecular flexibility index (Phi) is 29.6. The Hall–Kier alpha value is -10.9. The molecule has 0 unspecified atom stereocenters. The Labute approximate surface area is 696 Å². The molecule has 15 aromatic rings. The Morgan fingerprint density at radius 1 is 0.348 bits per heavy atom. The first-order chi connectivity index (χ1) is 54.2. The Morgan fingerprint density at radius 3 is 1.32 bits per heavy atom. The summed E-state index contributed by atoms with van der Waals surface area (Å²) in [5.41, 5.74) is 16.7. The zero-order chi connectivity index (χ0) is 79.0. The van der Waals surface area contributed by atoms with Crippen LogP contribution < -0.4 is 55.8 Å². The summed E-state index contributed by atoms with van der Waals surface area (Å²) in [6.07, 6.45) is 0. The minimum Gasteiger partial charge on any atom is -0.457 e. The fourth-order valence-corrected chi connectivity index (χ4v) is 16.1. The van der Waals surface area contributed by atoms with Crippen LogP contribution in [0, 0.1) is 0 Å². The number of benzene rings is 14. The number of para-hydroxylation sites is 2. The highest BCUT2D eigenvalue weighted by molar-refractivity contribution is 9.11. The molecule has 15 rings (SSSR count). The number of rotatable bonds is 21. The standard InChI is InChI=1S/C21H21BrN2O.C19H17BrN2O.C19H19BrN2.C19H20N2.C16H16BrN3S/c1-24(2)21-13-8-16(14-20(21)22)15-23-17-9-11-19(12-10-17)25-18-6-4-3-5-7-18;1-22(2)18-10-8-15(12-17(18)20)19(23)21-16-9-7-13-5-3-4-6-14(13)11-16;1-22(2)19-11-10-14(12-17(19)20)13-21-18-9-5-7-15-6-3-4-8-16(15)18;1-21(2)19-11-7-15(8-12-19)14-20-18-10-9-16-5-3-4-6-17(16)13-18;1-20(2)14-8-7-11(9-12(14)17)10-18-16-19-13-5-3-4-6-15(13)21-16/h3-14,23H,15H2,1-2H3;3-12H,1-2H3,(H,21,23);3-12,21H,13H2,1-2H3;3-13,20H,14H2,1-2H3;3-9H,10H2,1-2H3,(H,18,19). The van der Waals surface area contributed by atoms with Crippen LogP contribution in [-0.2, 0) is 26.2 Å². The van der Waals surface area contributed by atoms with Crippen molar-refractivity contribution in [2.75, 3.05) is 122 Å². The average molecular weight is 1760 g/mol. The van der Waals surface area contributed by atoms with E-state index in [1.54, 1.807) is 11.3 Å². The van der Waals surface area contributed by atoms with Gasteiger partial charge in [0.1, 0.15) is 11.5 Å². The number of ether oxygens (including phenoxy) is 1. The molecule has 0 saturated heterocycles. The Bertz CT molecular complexity index is 5550. The van der Waals surface area contributed by atoms with Gasteiger partial charge in [-0.2, -0.15) is 0 Å². The highest BCUT2D eigenvalue weighted by atomic mass is 79.9. The van der Waals surface area contributed by atoms with Crippen molar-refractivity contribution in [2.24, 2.45) is 0 Å². The number of hydrogen-bond acceptors (Lipinski definition) is 13. The molecule has 1 heterocycles. The van der Waals surface area contributed by atoms with E-state index in [2.05, 4.69) is 305 Å². The number of fused-ring (bicyclic) bond motifs is 4. The molecule has 570 valence electrons. The van der Waals surface area contributed by atoms with E-state index in [-0.39, 0.29) is 5.91 Å². The predicted molar refractivity (Wildman–Crippen MR) is 496 cm³/mol. The third kappa shape index (κ3) is 23.6. The molecule has 1 aromatic heterocycles. The van der Waals surface area contributed by atoms with Crippen LogP contribution >= 0.6 is 75.1 Å². The van der Waals surface area contributed by atoms with Gasteiger partial charge in [-0.15, -0.1) is 0 Å². The highest BCUT2D eigenvalue weighted by Gasteiger charge is 2.13. The van der Waals surface area contributed by atoms with E-state index in [0.29, 0.717) is 5.56 Å². The lowest BCUT2D eigenvalue weighted by atomic mass is 10.1. The molecule has 13 nitrogen and oxygen atoms in total. The number of carbonyl (C=O) groups excluding carboxylic acids is 1. The maximum Gasteiger partial charge on any atom is 0.255 e. The second-order valence-corrected chi connectivity index (χ2v) is 32.1. The molecule has 0 radical (unpaired) electrons. The molecular formula is C94H93Br4N11O2S. The van der Waals surface area contributed by atoms with Crippen LogP contribution in [-0.4, -0.2) is 81.4 Å². The van der Waals surface area contributed by atoms with Gasteiger partial charge in [0.25, 0.3) is 5.91 Å². The number of hydrogen-bond donors (Lipinski definition) is 5. The number of halogens is 4. The molecule has 18 heteroatoms.